The van der Waals surface area contributed by atoms with Crippen LogP contribution in [-0.2, 0) is 4.79 Å². The standard InChI is InChI=1S/C15H25N3O/c1-4-17-9-11-18(12-10-17)15-7-5-14(6-8-15)16(3)13(2)19/h5,7-8,14H,4,6,9-12H2,1-3H3. The molecule has 4 heteroatoms. The van der Waals surface area contributed by atoms with E-state index in [2.05, 4.69) is 35.0 Å². The second-order valence-corrected chi connectivity index (χ2v) is 5.34. The highest BCUT2D eigenvalue weighted by Gasteiger charge is 2.20. The Morgan fingerprint density at radius 2 is 2.05 bits per heavy atom. The number of piperazine rings is 1. The molecular weight excluding hydrogens is 238 g/mol. The van der Waals surface area contributed by atoms with E-state index in [9.17, 15) is 4.79 Å². The number of carbonyl (C=O) groups excluding carboxylic acids is 1. The predicted octanol–water partition coefficient (Wildman–Crippen LogP) is 1.31. The molecule has 0 radical (unpaired) electrons. The molecule has 4 nitrogen and oxygen atoms in total. The summed E-state index contributed by atoms with van der Waals surface area (Å²) in [5, 5.41) is 0. The molecule has 2 rings (SSSR count). The molecule has 1 atom stereocenters. The van der Waals surface area contributed by atoms with Crippen LogP contribution in [0.3, 0.4) is 0 Å². The van der Waals surface area contributed by atoms with Gasteiger partial charge in [0.25, 0.3) is 0 Å². The van der Waals surface area contributed by atoms with Crippen LogP contribution in [0.5, 0.6) is 0 Å². The lowest BCUT2D eigenvalue weighted by Crippen LogP contribution is -2.45. The average Bonchev–Trinajstić information content (AvgIpc) is 2.46. The minimum absolute atomic E-state index is 0.128. The number of likely N-dealkylation sites (N-methyl/N-ethyl adjacent to an activating group) is 2. The molecule has 1 heterocycles. The zero-order chi connectivity index (χ0) is 13.8. The van der Waals surface area contributed by atoms with Crippen molar-refractivity contribution in [3.63, 3.8) is 0 Å². The summed E-state index contributed by atoms with van der Waals surface area (Å²) >= 11 is 0. The fourth-order valence-electron chi connectivity index (χ4n) is 2.68. The second-order valence-electron chi connectivity index (χ2n) is 5.34. The van der Waals surface area contributed by atoms with Crippen molar-refractivity contribution in [2.45, 2.75) is 26.3 Å². The Labute approximate surface area is 116 Å². The molecule has 2 aliphatic rings. The number of hydrogen-bond donors (Lipinski definition) is 0. The maximum Gasteiger partial charge on any atom is 0.219 e. The van der Waals surface area contributed by atoms with Gasteiger partial charge < -0.3 is 14.7 Å². The molecule has 1 amide bonds. The maximum atomic E-state index is 11.4. The molecule has 0 saturated carbocycles. The second kappa shape index (κ2) is 6.24. The highest BCUT2D eigenvalue weighted by atomic mass is 16.2. The lowest BCUT2D eigenvalue weighted by molar-refractivity contribution is -0.128. The van der Waals surface area contributed by atoms with Gasteiger partial charge >= 0.3 is 0 Å². The van der Waals surface area contributed by atoms with Crippen LogP contribution < -0.4 is 0 Å². The quantitative estimate of drug-likeness (QED) is 0.768. The van der Waals surface area contributed by atoms with Crippen LogP contribution in [0.25, 0.3) is 0 Å². The van der Waals surface area contributed by atoms with Crippen LogP contribution in [-0.4, -0.2) is 66.4 Å². The van der Waals surface area contributed by atoms with Crippen LogP contribution in [0.4, 0.5) is 0 Å². The predicted molar refractivity (Wildman–Crippen MR) is 77.8 cm³/mol. The van der Waals surface area contributed by atoms with E-state index in [4.69, 9.17) is 0 Å². The normalized spacial score (nSPS) is 24.3. The Kier molecular flexibility index (Phi) is 4.64. The molecule has 0 aromatic rings. The van der Waals surface area contributed by atoms with E-state index >= 15 is 0 Å². The summed E-state index contributed by atoms with van der Waals surface area (Å²) < 4.78 is 0. The molecule has 1 saturated heterocycles. The molecule has 1 aliphatic carbocycles. The van der Waals surface area contributed by atoms with Crippen LogP contribution in [0.1, 0.15) is 20.3 Å². The summed E-state index contributed by atoms with van der Waals surface area (Å²) in [6.45, 7) is 9.51. The zero-order valence-corrected chi connectivity index (χ0v) is 12.3. The first-order valence-electron chi connectivity index (χ1n) is 7.21. The molecule has 0 aromatic heterocycles. The topological polar surface area (TPSA) is 26.8 Å². The first kappa shape index (κ1) is 14.1. The van der Waals surface area contributed by atoms with E-state index < -0.39 is 0 Å². The van der Waals surface area contributed by atoms with Crippen molar-refractivity contribution in [3.05, 3.63) is 23.9 Å². The van der Waals surface area contributed by atoms with E-state index in [1.54, 1.807) is 11.8 Å². The highest BCUT2D eigenvalue weighted by molar-refractivity contribution is 5.73. The number of allylic oxidation sites excluding steroid dienone is 1. The number of carbonyl (C=O) groups is 1. The number of amides is 1. The van der Waals surface area contributed by atoms with Crippen LogP contribution in [0, 0.1) is 0 Å². The summed E-state index contributed by atoms with van der Waals surface area (Å²) in [5.41, 5.74) is 1.32. The van der Waals surface area contributed by atoms with Crippen molar-refractivity contribution >= 4 is 5.91 Å². The molecule has 1 fully saturated rings. The van der Waals surface area contributed by atoms with Crippen LogP contribution in [0.15, 0.2) is 23.9 Å². The molecule has 0 bridgehead atoms. The summed E-state index contributed by atoms with van der Waals surface area (Å²) in [4.78, 5) is 18.1. The van der Waals surface area contributed by atoms with Gasteiger partial charge in [0, 0.05) is 45.8 Å². The fourth-order valence-corrected chi connectivity index (χ4v) is 2.68. The maximum absolute atomic E-state index is 11.4. The van der Waals surface area contributed by atoms with Crippen molar-refractivity contribution in [3.8, 4) is 0 Å². The minimum atomic E-state index is 0.128. The van der Waals surface area contributed by atoms with Gasteiger partial charge in [0.15, 0.2) is 0 Å². The smallest absolute Gasteiger partial charge is 0.219 e. The zero-order valence-electron chi connectivity index (χ0n) is 12.3. The van der Waals surface area contributed by atoms with Crippen molar-refractivity contribution in [2.75, 3.05) is 39.8 Å². The number of hydrogen-bond acceptors (Lipinski definition) is 3. The molecule has 0 spiro atoms. The third-order valence-corrected chi connectivity index (χ3v) is 4.24. The Balaban J connectivity index is 1.88. The van der Waals surface area contributed by atoms with Gasteiger partial charge in [-0.2, -0.15) is 0 Å². The van der Waals surface area contributed by atoms with Gasteiger partial charge in [-0.3, -0.25) is 4.79 Å². The molecule has 0 N–H and O–H groups in total. The van der Waals surface area contributed by atoms with Gasteiger partial charge in [0.2, 0.25) is 5.91 Å². The van der Waals surface area contributed by atoms with Gasteiger partial charge in [-0.25, -0.2) is 0 Å². The molecule has 106 valence electrons. The lowest BCUT2D eigenvalue weighted by atomic mass is 10.0. The van der Waals surface area contributed by atoms with E-state index in [1.807, 2.05) is 7.05 Å². The van der Waals surface area contributed by atoms with Gasteiger partial charge in [-0.15, -0.1) is 0 Å². The van der Waals surface area contributed by atoms with Crippen LogP contribution >= 0.6 is 0 Å². The third-order valence-electron chi connectivity index (χ3n) is 4.24. The minimum Gasteiger partial charge on any atom is -0.369 e. The average molecular weight is 263 g/mol. The highest BCUT2D eigenvalue weighted by Crippen LogP contribution is 2.19. The van der Waals surface area contributed by atoms with E-state index in [0.29, 0.717) is 0 Å². The Morgan fingerprint density at radius 3 is 2.53 bits per heavy atom. The van der Waals surface area contributed by atoms with Crippen molar-refractivity contribution in [2.24, 2.45) is 0 Å². The Morgan fingerprint density at radius 1 is 1.37 bits per heavy atom. The van der Waals surface area contributed by atoms with Crippen molar-refractivity contribution < 1.29 is 4.79 Å². The van der Waals surface area contributed by atoms with Crippen molar-refractivity contribution in [1.82, 2.24) is 14.7 Å². The first-order chi connectivity index (χ1) is 9.11. The van der Waals surface area contributed by atoms with E-state index in [-0.39, 0.29) is 11.9 Å². The molecule has 1 aliphatic heterocycles. The number of nitrogens with zero attached hydrogens (tertiary/aromatic N) is 3. The van der Waals surface area contributed by atoms with Gasteiger partial charge in [0.1, 0.15) is 0 Å². The summed E-state index contributed by atoms with van der Waals surface area (Å²) in [7, 11) is 1.87. The Hall–Kier alpha value is -1.29. The third kappa shape index (κ3) is 3.38. The number of rotatable bonds is 3. The van der Waals surface area contributed by atoms with E-state index in [0.717, 1.165) is 39.1 Å². The fraction of sp³-hybridized carbons (Fsp3) is 0.667. The van der Waals surface area contributed by atoms with Crippen LogP contribution in [0.2, 0.25) is 0 Å². The largest absolute Gasteiger partial charge is 0.369 e. The van der Waals surface area contributed by atoms with E-state index in [1.165, 1.54) is 5.70 Å². The summed E-state index contributed by atoms with van der Waals surface area (Å²) in [6, 6.07) is 0.221. The lowest BCUT2D eigenvalue weighted by Gasteiger charge is -2.37. The monoisotopic (exact) mass is 263 g/mol. The van der Waals surface area contributed by atoms with Gasteiger partial charge in [-0.1, -0.05) is 19.1 Å². The Bertz CT molecular complexity index is 381. The molecular formula is C15H25N3O. The molecule has 19 heavy (non-hydrogen) atoms. The molecule has 0 aromatic carbocycles. The molecule has 1 unspecified atom stereocenters. The first-order valence-corrected chi connectivity index (χ1v) is 7.21. The SMILES string of the molecule is CCN1CCN(C2=CCC(N(C)C(C)=O)C=C2)CC1. The summed E-state index contributed by atoms with van der Waals surface area (Å²) in [6.07, 6.45) is 7.53. The van der Waals surface area contributed by atoms with Gasteiger partial charge in [-0.05, 0) is 19.0 Å². The summed E-state index contributed by atoms with van der Waals surface area (Å²) in [5.74, 6) is 0.128. The van der Waals surface area contributed by atoms with Gasteiger partial charge in [0.05, 0.1) is 6.04 Å². The van der Waals surface area contributed by atoms with Crippen molar-refractivity contribution in [1.29, 1.82) is 0 Å².